The van der Waals surface area contributed by atoms with E-state index in [1.165, 1.54) is 32.5 Å². The summed E-state index contributed by atoms with van der Waals surface area (Å²) in [4.78, 5) is 10.6. The molecule has 10 rings (SSSR count). The lowest BCUT2D eigenvalue weighted by molar-refractivity contribution is 0.965. The van der Waals surface area contributed by atoms with Gasteiger partial charge in [0.15, 0.2) is 0 Å². The fourth-order valence-electron chi connectivity index (χ4n) is 7.84. The normalized spacial score (nSPS) is 15.7. The molecule has 0 aliphatic heterocycles. The number of hydrogen-bond donors (Lipinski definition) is 0. The van der Waals surface area contributed by atoms with Crippen molar-refractivity contribution in [2.75, 3.05) is 0 Å². The van der Waals surface area contributed by atoms with Crippen LogP contribution in [0, 0.1) is 0 Å². The van der Waals surface area contributed by atoms with Gasteiger partial charge in [0.1, 0.15) is 0 Å². The minimum absolute atomic E-state index is 0.635. The van der Waals surface area contributed by atoms with Crippen LogP contribution < -0.4 is 0 Å². The topological polar surface area (TPSA) is 35.6 Å². The Morgan fingerprint density at radius 2 is 1.24 bits per heavy atom. The largest absolute Gasteiger partial charge is 0.309 e. The molecule has 0 N–H and O–H groups in total. The van der Waals surface area contributed by atoms with E-state index < -0.39 is 0 Å². The highest BCUT2D eigenvalue weighted by Crippen LogP contribution is 2.40. The van der Waals surface area contributed by atoms with Crippen LogP contribution in [0.2, 0.25) is 0 Å². The molecule has 0 atom stereocenters. The van der Waals surface area contributed by atoms with Gasteiger partial charge in [0.25, 0.3) is 0 Å². The number of allylic oxidation sites excluding steroid dienone is 6. The van der Waals surface area contributed by atoms with Crippen molar-refractivity contribution in [3.63, 3.8) is 0 Å². The van der Waals surface area contributed by atoms with Crippen molar-refractivity contribution in [3.8, 4) is 17.2 Å². The standard InChI is InChI=1S/C47H32N4/c1-31-16-4-2-7-21-36-35-22-11-14-26-40(35)51(47-48-39-25-13-10-23-37(39)46(49-47)33-18-5-3-6-19-33)44(36)30-43(31)50-41-27-15-12-24-38(41)45-34-20-9-8-17-32(34)28-29-42(45)50/h2-20,22-30H,1,21H2/b7-2-,16-4-,43-30+. The highest BCUT2D eigenvalue weighted by molar-refractivity contribution is 6.22. The van der Waals surface area contributed by atoms with Gasteiger partial charge in [0.05, 0.1) is 39.2 Å². The maximum atomic E-state index is 5.37. The van der Waals surface area contributed by atoms with Crippen LogP contribution in [0.15, 0.2) is 176 Å². The van der Waals surface area contributed by atoms with E-state index in [9.17, 15) is 0 Å². The Morgan fingerprint density at radius 3 is 2.08 bits per heavy atom. The number of fused-ring (bicyclic) bond motifs is 9. The predicted octanol–water partition coefficient (Wildman–Crippen LogP) is 11.7. The van der Waals surface area contributed by atoms with Crippen molar-refractivity contribution in [2.45, 2.75) is 6.42 Å². The molecule has 0 amide bonds. The lowest BCUT2D eigenvalue weighted by atomic mass is 10.0. The molecule has 0 saturated heterocycles. The smallest absolute Gasteiger partial charge is 0.235 e. The highest BCUT2D eigenvalue weighted by atomic mass is 15.2. The molecule has 51 heavy (non-hydrogen) atoms. The molecule has 4 heteroatoms. The summed E-state index contributed by atoms with van der Waals surface area (Å²) in [6, 6.07) is 49.2. The number of para-hydroxylation sites is 3. The molecule has 3 heterocycles. The van der Waals surface area contributed by atoms with E-state index in [1.807, 2.05) is 12.1 Å². The quantitative estimate of drug-likeness (QED) is 0.190. The highest BCUT2D eigenvalue weighted by Gasteiger charge is 2.23. The average Bonchev–Trinajstić information content (AvgIpc) is 3.69. The van der Waals surface area contributed by atoms with Gasteiger partial charge in [-0.15, -0.1) is 0 Å². The fraction of sp³-hybridized carbons (Fsp3) is 0.0213. The van der Waals surface area contributed by atoms with Gasteiger partial charge >= 0.3 is 0 Å². The van der Waals surface area contributed by atoms with E-state index in [2.05, 4.69) is 173 Å². The molecule has 1 aliphatic rings. The van der Waals surface area contributed by atoms with Gasteiger partial charge in [-0.25, -0.2) is 9.97 Å². The minimum atomic E-state index is 0.635. The van der Waals surface area contributed by atoms with E-state index in [4.69, 9.17) is 9.97 Å². The summed E-state index contributed by atoms with van der Waals surface area (Å²) in [7, 11) is 0. The summed E-state index contributed by atoms with van der Waals surface area (Å²) in [5.74, 6) is 0.635. The number of nitrogens with zero attached hydrogens (tertiary/aromatic N) is 4. The predicted molar refractivity (Wildman–Crippen MR) is 214 cm³/mol. The summed E-state index contributed by atoms with van der Waals surface area (Å²) in [5, 5.41) is 7.11. The van der Waals surface area contributed by atoms with Crippen molar-refractivity contribution < 1.29 is 0 Å². The SMILES string of the molecule is C=C1/C=C\C=C/Cc2c(n(-c3nc(-c4ccccc4)c4ccccc4n3)c3ccccc23)/C=C\1n1c2ccccc2c2c3ccccc3ccc21. The maximum Gasteiger partial charge on any atom is 0.235 e. The van der Waals surface area contributed by atoms with E-state index in [1.54, 1.807) is 0 Å². The zero-order valence-electron chi connectivity index (χ0n) is 27.9. The van der Waals surface area contributed by atoms with Gasteiger partial charge in [-0.05, 0) is 58.7 Å². The molecule has 9 aromatic rings. The number of hydrogen-bond acceptors (Lipinski definition) is 2. The first-order valence-corrected chi connectivity index (χ1v) is 17.3. The fourth-order valence-corrected chi connectivity index (χ4v) is 7.84. The Hall–Kier alpha value is -6.78. The van der Waals surface area contributed by atoms with Crippen LogP contribution in [-0.2, 0) is 6.42 Å². The maximum absolute atomic E-state index is 5.37. The molecular formula is C47H32N4. The molecule has 3 aromatic heterocycles. The third kappa shape index (κ3) is 4.61. The molecule has 0 saturated carbocycles. The van der Waals surface area contributed by atoms with Crippen LogP contribution in [0.5, 0.6) is 0 Å². The van der Waals surface area contributed by atoms with Crippen LogP contribution in [0.25, 0.3) is 83.4 Å². The molecule has 0 radical (unpaired) electrons. The minimum Gasteiger partial charge on any atom is -0.309 e. The Morgan fingerprint density at radius 1 is 0.549 bits per heavy atom. The molecule has 240 valence electrons. The van der Waals surface area contributed by atoms with Crippen molar-refractivity contribution in [1.29, 1.82) is 0 Å². The molecule has 4 nitrogen and oxygen atoms in total. The van der Waals surface area contributed by atoms with Gasteiger partial charge in [-0.1, -0.05) is 146 Å². The number of aromatic nitrogens is 4. The molecule has 0 spiro atoms. The first-order valence-electron chi connectivity index (χ1n) is 17.3. The van der Waals surface area contributed by atoms with Crippen LogP contribution in [0.3, 0.4) is 0 Å². The zero-order valence-corrected chi connectivity index (χ0v) is 27.9. The van der Waals surface area contributed by atoms with Crippen molar-refractivity contribution in [1.82, 2.24) is 19.1 Å². The Balaban J connectivity index is 1.33. The lowest BCUT2D eigenvalue weighted by Gasteiger charge is -2.17. The Kier molecular flexibility index (Phi) is 6.68. The van der Waals surface area contributed by atoms with Gasteiger partial charge < -0.3 is 4.57 Å². The van der Waals surface area contributed by atoms with Crippen LogP contribution >= 0.6 is 0 Å². The molecule has 0 bridgehead atoms. The molecule has 0 fully saturated rings. The third-order valence-electron chi connectivity index (χ3n) is 10.1. The second-order valence-electron chi connectivity index (χ2n) is 13.1. The van der Waals surface area contributed by atoms with E-state index in [-0.39, 0.29) is 0 Å². The average molecular weight is 653 g/mol. The van der Waals surface area contributed by atoms with Gasteiger partial charge in [0, 0.05) is 27.1 Å². The van der Waals surface area contributed by atoms with Crippen LogP contribution in [0.1, 0.15) is 11.3 Å². The number of rotatable bonds is 3. The van der Waals surface area contributed by atoms with Crippen LogP contribution in [0.4, 0.5) is 0 Å². The summed E-state index contributed by atoms with van der Waals surface area (Å²) < 4.78 is 4.64. The third-order valence-corrected chi connectivity index (χ3v) is 10.1. The second kappa shape index (κ2) is 11.7. The second-order valence-corrected chi connectivity index (χ2v) is 13.1. The lowest BCUT2D eigenvalue weighted by Crippen LogP contribution is -2.07. The summed E-state index contributed by atoms with van der Waals surface area (Å²) in [5.41, 5.74) is 10.4. The molecule has 6 aromatic carbocycles. The summed E-state index contributed by atoms with van der Waals surface area (Å²) in [6.07, 6.45) is 11.6. The monoisotopic (exact) mass is 652 g/mol. The molecular weight excluding hydrogens is 621 g/mol. The first kappa shape index (κ1) is 29.2. The van der Waals surface area contributed by atoms with E-state index in [0.717, 1.165) is 62.1 Å². The summed E-state index contributed by atoms with van der Waals surface area (Å²) >= 11 is 0. The van der Waals surface area contributed by atoms with Crippen molar-refractivity contribution >= 4 is 66.2 Å². The zero-order chi connectivity index (χ0) is 33.9. The van der Waals surface area contributed by atoms with Crippen molar-refractivity contribution in [3.05, 3.63) is 187 Å². The van der Waals surface area contributed by atoms with Gasteiger partial charge in [-0.3, -0.25) is 4.57 Å². The first-order chi connectivity index (χ1) is 25.2. The molecule has 1 aliphatic carbocycles. The number of benzene rings is 6. The van der Waals surface area contributed by atoms with Crippen molar-refractivity contribution in [2.24, 2.45) is 0 Å². The van der Waals surface area contributed by atoms with Gasteiger partial charge in [0.2, 0.25) is 5.95 Å². The Bertz CT molecular complexity index is 2950. The van der Waals surface area contributed by atoms with E-state index >= 15 is 0 Å². The molecule has 0 unspecified atom stereocenters. The summed E-state index contributed by atoms with van der Waals surface area (Å²) in [6.45, 7) is 4.68. The van der Waals surface area contributed by atoms with Gasteiger partial charge in [-0.2, -0.15) is 0 Å². The van der Waals surface area contributed by atoms with Crippen LogP contribution in [-0.4, -0.2) is 19.1 Å². The van der Waals surface area contributed by atoms with E-state index in [0.29, 0.717) is 5.95 Å². The Labute approximate surface area is 295 Å².